The molecular formula is C4H8ClN2O4PS2. The Balaban J connectivity index is 3.04. The Hall–Kier alpha value is -0.0400. The number of sulfonamides is 2. The van der Waals surface area contributed by atoms with Crippen LogP contribution in [0.15, 0.2) is 12.4 Å². The molecule has 1 aliphatic rings. The Bertz CT molecular complexity index is 416. The SMILES string of the molecule is CS(=O)(=O)N1C=CN(S(C)(=O)=O)P1Cl. The molecule has 0 aromatic rings. The third-order valence-electron chi connectivity index (χ3n) is 1.33. The molecule has 0 saturated heterocycles. The average molecular weight is 279 g/mol. The normalized spacial score (nSPS) is 19.4. The molecular weight excluding hydrogens is 271 g/mol. The third-order valence-corrected chi connectivity index (χ3v) is 8.07. The molecule has 0 saturated carbocycles. The monoisotopic (exact) mass is 278 g/mol. The van der Waals surface area contributed by atoms with E-state index >= 15 is 0 Å². The van der Waals surface area contributed by atoms with E-state index in [1.54, 1.807) is 0 Å². The zero-order valence-electron chi connectivity index (χ0n) is 7.32. The largest absolute Gasteiger partial charge is 0.237 e. The van der Waals surface area contributed by atoms with E-state index in [2.05, 4.69) is 0 Å². The van der Waals surface area contributed by atoms with Crippen molar-refractivity contribution < 1.29 is 16.8 Å². The Kier molecular flexibility index (Phi) is 3.02. The highest BCUT2D eigenvalue weighted by molar-refractivity contribution is 8.04. The van der Waals surface area contributed by atoms with Gasteiger partial charge in [-0.2, -0.15) is 0 Å². The molecule has 1 aliphatic heterocycles. The van der Waals surface area contributed by atoms with E-state index in [9.17, 15) is 16.8 Å². The van der Waals surface area contributed by atoms with Crippen LogP contribution in [0.5, 0.6) is 0 Å². The van der Waals surface area contributed by atoms with Gasteiger partial charge in [0.2, 0.25) is 27.6 Å². The minimum absolute atomic E-state index is 0.824. The van der Waals surface area contributed by atoms with Gasteiger partial charge in [-0.25, -0.2) is 25.0 Å². The van der Waals surface area contributed by atoms with Crippen LogP contribution in [0.25, 0.3) is 0 Å². The highest BCUT2D eigenvalue weighted by atomic mass is 35.7. The lowest BCUT2D eigenvalue weighted by Crippen LogP contribution is -2.22. The van der Waals surface area contributed by atoms with Crippen molar-refractivity contribution in [1.82, 2.24) is 8.15 Å². The van der Waals surface area contributed by atoms with Crippen molar-refractivity contribution >= 4 is 38.9 Å². The molecule has 82 valence electrons. The lowest BCUT2D eigenvalue weighted by molar-refractivity contribution is 0.574. The quantitative estimate of drug-likeness (QED) is 0.688. The first kappa shape index (κ1) is 12.0. The Morgan fingerprint density at radius 2 is 1.29 bits per heavy atom. The van der Waals surface area contributed by atoms with Crippen LogP contribution in [0.4, 0.5) is 0 Å². The molecule has 6 nitrogen and oxygen atoms in total. The van der Waals surface area contributed by atoms with Crippen molar-refractivity contribution in [3.63, 3.8) is 0 Å². The summed E-state index contributed by atoms with van der Waals surface area (Å²) in [5, 5.41) is 0. The van der Waals surface area contributed by atoms with Crippen molar-refractivity contribution in [1.29, 1.82) is 0 Å². The number of hydrogen-bond donors (Lipinski definition) is 0. The number of rotatable bonds is 2. The Morgan fingerprint density at radius 1 is 1.00 bits per heavy atom. The number of nitrogens with zero attached hydrogens (tertiary/aromatic N) is 2. The van der Waals surface area contributed by atoms with Crippen molar-refractivity contribution in [3.05, 3.63) is 12.4 Å². The maximum atomic E-state index is 11.1. The summed E-state index contributed by atoms with van der Waals surface area (Å²) in [5.41, 5.74) is 0. The van der Waals surface area contributed by atoms with E-state index in [1.165, 1.54) is 0 Å². The van der Waals surface area contributed by atoms with Gasteiger partial charge >= 0.3 is 0 Å². The van der Waals surface area contributed by atoms with Gasteiger partial charge in [-0.05, 0) is 11.2 Å². The minimum atomic E-state index is -3.51. The topological polar surface area (TPSA) is 74.8 Å². The molecule has 0 fully saturated rings. The first-order chi connectivity index (χ1) is 6.14. The summed E-state index contributed by atoms with van der Waals surface area (Å²) in [5.74, 6) is 0. The molecule has 0 aliphatic carbocycles. The summed E-state index contributed by atoms with van der Waals surface area (Å²) < 4.78 is 46.1. The molecule has 0 atom stereocenters. The molecule has 0 spiro atoms. The van der Waals surface area contributed by atoms with Crippen LogP contribution < -0.4 is 0 Å². The van der Waals surface area contributed by atoms with Crippen molar-refractivity contribution in [2.75, 3.05) is 12.5 Å². The predicted octanol–water partition coefficient (Wildman–Crippen LogP) is 0.460. The predicted molar refractivity (Wildman–Crippen MR) is 55.3 cm³/mol. The van der Waals surface area contributed by atoms with E-state index in [0.29, 0.717) is 0 Å². The number of halogens is 1. The van der Waals surface area contributed by atoms with E-state index in [0.717, 1.165) is 33.1 Å². The second kappa shape index (κ2) is 3.52. The van der Waals surface area contributed by atoms with Crippen LogP contribution in [0, 0.1) is 0 Å². The van der Waals surface area contributed by atoms with Gasteiger partial charge in [-0.15, -0.1) is 0 Å². The Morgan fingerprint density at radius 3 is 1.43 bits per heavy atom. The molecule has 0 unspecified atom stereocenters. The first-order valence-corrected chi connectivity index (χ1v) is 9.12. The fourth-order valence-corrected chi connectivity index (χ4v) is 6.73. The fraction of sp³-hybridized carbons (Fsp3) is 0.500. The molecule has 14 heavy (non-hydrogen) atoms. The summed E-state index contributed by atoms with van der Waals surface area (Å²) in [6.45, 7) is 0. The van der Waals surface area contributed by atoms with Gasteiger partial charge in [-0.1, -0.05) is 0 Å². The van der Waals surface area contributed by atoms with Crippen LogP contribution in [0.2, 0.25) is 0 Å². The summed E-state index contributed by atoms with van der Waals surface area (Å²) in [7, 11) is -8.93. The van der Waals surface area contributed by atoms with Gasteiger partial charge in [0.05, 0.1) is 12.5 Å². The van der Waals surface area contributed by atoms with Gasteiger partial charge in [0.25, 0.3) is 0 Å². The molecule has 0 aromatic heterocycles. The second-order valence-electron chi connectivity index (χ2n) is 2.61. The highest BCUT2D eigenvalue weighted by Gasteiger charge is 2.36. The van der Waals surface area contributed by atoms with Gasteiger partial charge < -0.3 is 0 Å². The van der Waals surface area contributed by atoms with Crippen LogP contribution in [0.1, 0.15) is 0 Å². The van der Waals surface area contributed by atoms with E-state index in [4.69, 9.17) is 11.2 Å². The Labute approximate surface area is 88.9 Å². The van der Waals surface area contributed by atoms with Crippen molar-refractivity contribution in [3.8, 4) is 0 Å². The summed E-state index contributed by atoms with van der Waals surface area (Å²) in [6, 6.07) is 0. The highest BCUT2D eigenvalue weighted by Crippen LogP contribution is 2.56. The molecule has 10 heteroatoms. The van der Waals surface area contributed by atoms with E-state index < -0.39 is 27.6 Å². The minimum Gasteiger partial charge on any atom is -0.222 e. The fourth-order valence-electron chi connectivity index (χ4n) is 0.777. The van der Waals surface area contributed by atoms with Crippen LogP contribution in [-0.2, 0) is 20.0 Å². The van der Waals surface area contributed by atoms with Gasteiger partial charge in [0, 0.05) is 12.4 Å². The standard InChI is InChI=1S/C4H8ClN2O4PS2/c1-13(8,9)6-3-4-7(12(6)5)14(2,10)11/h3-4H,1-2H3. The molecule has 0 bridgehead atoms. The molecule has 1 rings (SSSR count). The summed E-state index contributed by atoms with van der Waals surface area (Å²) >= 11 is 5.71. The lowest BCUT2D eigenvalue weighted by Gasteiger charge is -2.22. The zero-order chi connectivity index (χ0) is 11.1. The smallest absolute Gasteiger partial charge is 0.222 e. The van der Waals surface area contributed by atoms with Crippen molar-refractivity contribution in [2.24, 2.45) is 0 Å². The van der Waals surface area contributed by atoms with Crippen molar-refractivity contribution in [2.45, 2.75) is 0 Å². The molecule has 1 heterocycles. The molecule has 0 amide bonds. The van der Waals surface area contributed by atoms with Gasteiger partial charge in [0.1, 0.15) is 0 Å². The molecule has 0 radical (unpaired) electrons. The first-order valence-electron chi connectivity index (χ1n) is 3.27. The van der Waals surface area contributed by atoms with Gasteiger partial charge in [-0.3, -0.25) is 0 Å². The molecule has 0 aromatic carbocycles. The maximum Gasteiger partial charge on any atom is 0.237 e. The molecule has 0 N–H and O–H groups in total. The van der Waals surface area contributed by atoms with Crippen LogP contribution in [-0.4, -0.2) is 37.5 Å². The summed E-state index contributed by atoms with van der Waals surface area (Å²) in [6.07, 6.45) is 4.19. The van der Waals surface area contributed by atoms with E-state index in [1.807, 2.05) is 0 Å². The second-order valence-corrected chi connectivity index (χ2v) is 9.12. The number of hydrogen-bond acceptors (Lipinski definition) is 4. The van der Waals surface area contributed by atoms with Gasteiger partial charge in [0.15, 0.2) is 0 Å². The summed E-state index contributed by atoms with van der Waals surface area (Å²) in [4.78, 5) is 0. The lowest BCUT2D eigenvalue weighted by atomic mass is 11.0. The van der Waals surface area contributed by atoms with E-state index in [-0.39, 0.29) is 0 Å². The third kappa shape index (κ3) is 2.31. The van der Waals surface area contributed by atoms with Crippen LogP contribution in [0.3, 0.4) is 0 Å². The zero-order valence-corrected chi connectivity index (χ0v) is 10.6. The van der Waals surface area contributed by atoms with Crippen LogP contribution >= 0.6 is 18.8 Å². The average Bonchev–Trinajstić information content (AvgIpc) is 2.26. The maximum absolute atomic E-state index is 11.1.